The minimum Gasteiger partial charge on any atom is -0.463 e. The first-order valence-corrected chi connectivity index (χ1v) is 9.98. The molecule has 8 nitrogen and oxygen atoms in total. The molecular weight excluding hydrogens is 388 g/mol. The smallest absolute Gasteiger partial charge is 0.275 e. The molecule has 0 aliphatic heterocycles. The van der Waals surface area contributed by atoms with Crippen LogP contribution >= 0.6 is 11.8 Å². The van der Waals surface area contributed by atoms with Crippen LogP contribution in [-0.4, -0.2) is 39.9 Å². The van der Waals surface area contributed by atoms with Gasteiger partial charge in [0.1, 0.15) is 5.69 Å². The standard InChI is InChI=1S/C20H24N6O2S/c1-2-3-9-28-18-14-23-17(13-24-18)19(27)26-16-7-4-6-15(11-16)12-25-20(22)29-10-5-8-21/h4,6-7,11,13-14H,5,8-10,12,21H2,1H3,(H2,22,25)(H,26,27). The molecule has 29 heavy (non-hydrogen) atoms. The van der Waals surface area contributed by atoms with Crippen LogP contribution in [0.5, 0.6) is 5.88 Å². The van der Waals surface area contributed by atoms with Gasteiger partial charge in [0.2, 0.25) is 5.88 Å². The second-order valence-corrected chi connectivity index (χ2v) is 6.87. The van der Waals surface area contributed by atoms with Gasteiger partial charge >= 0.3 is 0 Å². The number of nitrogens with two attached hydrogens (primary N) is 2. The fraction of sp³-hybridized carbons (Fsp3) is 0.300. The van der Waals surface area contributed by atoms with Gasteiger partial charge in [0, 0.05) is 11.4 Å². The molecule has 1 aromatic carbocycles. The molecule has 0 saturated carbocycles. The summed E-state index contributed by atoms with van der Waals surface area (Å²) in [6.07, 6.45) is 3.64. The first kappa shape index (κ1) is 22.2. The molecule has 1 heterocycles. The van der Waals surface area contributed by atoms with E-state index in [0.29, 0.717) is 29.8 Å². The quantitative estimate of drug-likeness (QED) is 0.249. The molecule has 0 saturated heterocycles. The van der Waals surface area contributed by atoms with Crippen LogP contribution in [0.15, 0.2) is 41.7 Å². The van der Waals surface area contributed by atoms with Gasteiger partial charge in [0.15, 0.2) is 11.8 Å². The Labute approximate surface area is 174 Å². The van der Waals surface area contributed by atoms with Gasteiger partial charge in [-0.3, -0.25) is 9.79 Å². The topological polar surface area (TPSA) is 129 Å². The van der Waals surface area contributed by atoms with Crippen molar-refractivity contribution < 1.29 is 9.53 Å². The second-order valence-electron chi connectivity index (χ2n) is 5.75. The van der Waals surface area contributed by atoms with Crippen molar-refractivity contribution in [1.29, 1.82) is 0 Å². The molecule has 0 aliphatic carbocycles. The summed E-state index contributed by atoms with van der Waals surface area (Å²) in [5.41, 5.74) is 13.1. The maximum Gasteiger partial charge on any atom is 0.275 e. The van der Waals surface area contributed by atoms with Crippen LogP contribution in [-0.2, 0) is 6.54 Å². The number of nitrogens with one attached hydrogen (secondary N) is 1. The monoisotopic (exact) mass is 412 g/mol. The zero-order valence-corrected chi connectivity index (χ0v) is 17.0. The van der Waals surface area contributed by atoms with E-state index >= 15 is 0 Å². The fourth-order valence-corrected chi connectivity index (χ4v) is 2.78. The number of benzene rings is 1. The van der Waals surface area contributed by atoms with Crippen molar-refractivity contribution in [2.75, 3.05) is 24.2 Å². The third-order valence-corrected chi connectivity index (χ3v) is 4.45. The lowest BCUT2D eigenvalue weighted by atomic mass is 10.2. The van der Waals surface area contributed by atoms with Crippen LogP contribution in [0.1, 0.15) is 29.4 Å². The van der Waals surface area contributed by atoms with Crippen molar-refractivity contribution in [2.45, 2.75) is 19.9 Å². The van der Waals surface area contributed by atoms with Crippen molar-refractivity contribution in [3.63, 3.8) is 0 Å². The molecule has 0 atom stereocenters. The molecule has 0 bridgehead atoms. The highest BCUT2D eigenvalue weighted by Crippen LogP contribution is 2.14. The predicted molar refractivity (Wildman–Crippen MR) is 117 cm³/mol. The summed E-state index contributed by atoms with van der Waals surface area (Å²) < 4.78 is 5.28. The number of ether oxygens (including phenoxy) is 1. The lowest BCUT2D eigenvalue weighted by Gasteiger charge is -2.07. The van der Waals surface area contributed by atoms with Gasteiger partial charge in [-0.05, 0) is 37.6 Å². The highest BCUT2D eigenvalue weighted by atomic mass is 32.2. The maximum absolute atomic E-state index is 12.4. The molecular formula is C20H24N6O2S. The highest BCUT2D eigenvalue weighted by molar-refractivity contribution is 8.13. The number of hydrogen-bond acceptors (Lipinski definition) is 7. The van der Waals surface area contributed by atoms with Crippen LogP contribution in [0.4, 0.5) is 5.69 Å². The van der Waals surface area contributed by atoms with Crippen molar-refractivity contribution in [2.24, 2.45) is 16.5 Å². The van der Waals surface area contributed by atoms with E-state index in [0.717, 1.165) is 17.7 Å². The summed E-state index contributed by atoms with van der Waals surface area (Å²) in [5, 5.41) is 3.32. The lowest BCUT2D eigenvalue weighted by molar-refractivity contribution is 0.102. The van der Waals surface area contributed by atoms with Gasteiger partial charge in [0.25, 0.3) is 5.91 Å². The van der Waals surface area contributed by atoms with E-state index in [9.17, 15) is 4.79 Å². The van der Waals surface area contributed by atoms with E-state index in [4.69, 9.17) is 16.2 Å². The van der Waals surface area contributed by atoms with Crippen molar-refractivity contribution in [3.8, 4) is 17.7 Å². The molecule has 0 radical (unpaired) electrons. The summed E-state index contributed by atoms with van der Waals surface area (Å²) in [6, 6.07) is 7.39. The third kappa shape index (κ3) is 8.21. The molecule has 0 aliphatic rings. The fourth-order valence-electron chi connectivity index (χ4n) is 2.11. The highest BCUT2D eigenvalue weighted by Gasteiger charge is 2.09. The van der Waals surface area contributed by atoms with Gasteiger partial charge in [-0.15, -0.1) is 5.92 Å². The Hall–Kier alpha value is -3.09. The first-order chi connectivity index (χ1) is 14.1. The summed E-state index contributed by atoms with van der Waals surface area (Å²) in [7, 11) is 0. The number of thioether (sulfide) groups is 1. The SMILES string of the molecule is CC#CCOc1cnc(C(=O)Nc2cccc(CN=C(N)SCCCN)c2)cn1. The average Bonchev–Trinajstić information content (AvgIpc) is 2.73. The lowest BCUT2D eigenvalue weighted by Crippen LogP contribution is -2.14. The van der Waals surface area contributed by atoms with Crippen LogP contribution in [0, 0.1) is 11.8 Å². The van der Waals surface area contributed by atoms with Gasteiger partial charge in [-0.1, -0.05) is 29.8 Å². The number of aromatic nitrogens is 2. The minimum atomic E-state index is -0.366. The van der Waals surface area contributed by atoms with Gasteiger partial charge in [-0.25, -0.2) is 9.97 Å². The number of carbonyl (C=O) groups excluding carboxylic acids is 1. The third-order valence-electron chi connectivity index (χ3n) is 3.53. The van der Waals surface area contributed by atoms with E-state index < -0.39 is 0 Å². The average molecular weight is 413 g/mol. The van der Waals surface area contributed by atoms with Gasteiger partial charge < -0.3 is 21.5 Å². The Bertz CT molecular complexity index is 890. The van der Waals surface area contributed by atoms with E-state index in [2.05, 4.69) is 32.1 Å². The van der Waals surface area contributed by atoms with Crippen LogP contribution in [0.25, 0.3) is 0 Å². The Kier molecular flexibility index (Phi) is 9.48. The molecule has 1 aromatic heterocycles. The number of anilines is 1. The molecule has 0 spiro atoms. The molecule has 152 valence electrons. The van der Waals surface area contributed by atoms with E-state index in [1.807, 2.05) is 18.2 Å². The number of rotatable bonds is 9. The van der Waals surface area contributed by atoms with Gasteiger partial charge in [0.05, 0.1) is 18.9 Å². The van der Waals surface area contributed by atoms with E-state index in [1.165, 1.54) is 24.2 Å². The van der Waals surface area contributed by atoms with Crippen molar-refractivity contribution in [3.05, 3.63) is 47.9 Å². The van der Waals surface area contributed by atoms with Crippen molar-refractivity contribution >= 4 is 28.5 Å². The Morgan fingerprint density at radius 2 is 2.21 bits per heavy atom. The number of carbonyl (C=O) groups is 1. The summed E-state index contributed by atoms with van der Waals surface area (Å²) >= 11 is 1.48. The molecule has 1 amide bonds. The number of aliphatic imine (C=N–C) groups is 1. The summed E-state index contributed by atoms with van der Waals surface area (Å²) in [5.74, 6) is 6.27. The first-order valence-electron chi connectivity index (χ1n) is 9.00. The summed E-state index contributed by atoms with van der Waals surface area (Å²) in [4.78, 5) is 24.8. The van der Waals surface area contributed by atoms with Crippen LogP contribution in [0.2, 0.25) is 0 Å². The predicted octanol–water partition coefficient (Wildman–Crippen LogP) is 2.03. The molecule has 0 unspecified atom stereocenters. The zero-order chi connectivity index (χ0) is 20.9. The molecule has 2 aromatic rings. The number of nitrogens with zero attached hydrogens (tertiary/aromatic N) is 3. The normalized spacial score (nSPS) is 10.8. The Morgan fingerprint density at radius 1 is 1.34 bits per heavy atom. The molecule has 2 rings (SSSR count). The Balaban J connectivity index is 1.92. The van der Waals surface area contributed by atoms with E-state index in [-0.39, 0.29) is 18.2 Å². The van der Waals surface area contributed by atoms with Crippen molar-refractivity contribution in [1.82, 2.24) is 9.97 Å². The molecule has 5 N–H and O–H groups in total. The molecule has 9 heteroatoms. The largest absolute Gasteiger partial charge is 0.463 e. The van der Waals surface area contributed by atoms with Gasteiger partial charge in [-0.2, -0.15) is 0 Å². The summed E-state index contributed by atoms with van der Waals surface area (Å²) in [6.45, 7) is 3.01. The van der Waals surface area contributed by atoms with E-state index in [1.54, 1.807) is 13.0 Å². The van der Waals surface area contributed by atoms with Crippen LogP contribution in [0.3, 0.4) is 0 Å². The minimum absolute atomic E-state index is 0.183. The number of hydrogen-bond donors (Lipinski definition) is 3. The zero-order valence-electron chi connectivity index (χ0n) is 16.2. The van der Waals surface area contributed by atoms with Crippen LogP contribution < -0.4 is 21.5 Å². The molecule has 0 fully saturated rings. The number of amides is 1. The number of amidine groups is 1. The Morgan fingerprint density at radius 3 is 2.93 bits per heavy atom. The second kappa shape index (κ2) is 12.4. The maximum atomic E-state index is 12.4.